The van der Waals surface area contributed by atoms with E-state index in [2.05, 4.69) is 4.98 Å². The van der Waals surface area contributed by atoms with Crippen molar-refractivity contribution in [2.75, 3.05) is 7.11 Å². The highest BCUT2D eigenvalue weighted by Gasteiger charge is 2.19. The number of ether oxygens (including phenoxy) is 1. The van der Waals surface area contributed by atoms with E-state index < -0.39 is 11.0 Å². The molecule has 0 fully saturated rings. The van der Waals surface area contributed by atoms with Gasteiger partial charge in [0.05, 0.1) is 19.0 Å². The summed E-state index contributed by atoms with van der Waals surface area (Å²) in [5.41, 5.74) is 0.978. The van der Waals surface area contributed by atoms with Crippen LogP contribution in [-0.2, 0) is 6.54 Å². The molecule has 0 radical (unpaired) electrons. The Morgan fingerprint density at radius 3 is 2.47 bits per heavy atom. The summed E-state index contributed by atoms with van der Waals surface area (Å²) >= 11 is 6.05. The van der Waals surface area contributed by atoms with E-state index in [1.807, 2.05) is 30.3 Å². The van der Waals surface area contributed by atoms with Crippen LogP contribution in [0.2, 0.25) is 5.02 Å². The Bertz CT molecular complexity index is 1570. The van der Waals surface area contributed by atoms with E-state index in [1.54, 1.807) is 42.5 Å². The van der Waals surface area contributed by atoms with Crippen molar-refractivity contribution in [3.8, 4) is 17.1 Å². The molecule has 32 heavy (non-hydrogen) atoms. The molecule has 158 valence electrons. The van der Waals surface area contributed by atoms with Crippen LogP contribution in [0.4, 0.5) is 0 Å². The fraction of sp³-hybridized carbons (Fsp3) is 0.0800. The fourth-order valence-electron chi connectivity index (χ4n) is 3.68. The lowest BCUT2D eigenvalue weighted by Gasteiger charge is -2.14. The second-order valence-electron chi connectivity index (χ2n) is 7.29. The van der Waals surface area contributed by atoms with Gasteiger partial charge in [-0.05, 0) is 42.0 Å². The van der Waals surface area contributed by atoms with Crippen LogP contribution in [0, 0.1) is 0 Å². The van der Waals surface area contributed by atoms with E-state index >= 15 is 0 Å². The van der Waals surface area contributed by atoms with Crippen LogP contribution in [0.25, 0.3) is 33.5 Å². The average molecular weight is 445 g/mol. The Morgan fingerprint density at radius 2 is 1.75 bits per heavy atom. The molecule has 3 aromatic carbocycles. The van der Waals surface area contributed by atoms with E-state index in [-0.39, 0.29) is 17.6 Å². The highest BCUT2D eigenvalue weighted by Crippen LogP contribution is 2.24. The maximum Gasteiger partial charge on any atom is 0.269 e. The van der Waals surface area contributed by atoms with Crippen LogP contribution in [0.3, 0.4) is 0 Å². The first kappa shape index (κ1) is 20.0. The molecule has 0 spiro atoms. The zero-order valence-corrected chi connectivity index (χ0v) is 17.8. The predicted octanol–water partition coefficient (Wildman–Crippen LogP) is 4.88. The van der Waals surface area contributed by atoms with E-state index in [0.29, 0.717) is 33.1 Å². The lowest BCUT2D eigenvalue weighted by molar-refractivity contribution is 0.414. The Balaban J connectivity index is 1.85. The maximum atomic E-state index is 13.6. The Morgan fingerprint density at radius 1 is 1.00 bits per heavy atom. The molecule has 0 amide bonds. The molecule has 2 aromatic heterocycles. The minimum Gasteiger partial charge on any atom is -0.497 e. The van der Waals surface area contributed by atoms with E-state index in [1.165, 1.54) is 11.7 Å². The first-order valence-corrected chi connectivity index (χ1v) is 10.3. The molecule has 0 aliphatic heterocycles. The maximum absolute atomic E-state index is 13.6. The Hall–Kier alpha value is -3.90. The van der Waals surface area contributed by atoms with E-state index in [0.717, 1.165) is 5.56 Å². The van der Waals surface area contributed by atoms with Gasteiger partial charge in [-0.3, -0.25) is 14.2 Å². The van der Waals surface area contributed by atoms with Gasteiger partial charge in [0.25, 0.3) is 5.56 Å². The van der Waals surface area contributed by atoms with Crippen molar-refractivity contribution >= 4 is 33.7 Å². The molecule has 6 nitrogen and oxygen atoms in total. The predicted molar refractivity (Wildman–Crippen MR) is 125 cm³/mol. The average Bonchev–Trinajstić information content (AvgIpc) is 2.81. The molecular formula is C25H17ClN2O4. The van der Waals surface area contributed by atoms with Crippen molar-refractivity contribution in [2.24, 2.45) is 0 Å². The lowest BCUT2D eigenvalue weighted by Crippen LogP contribution is -2.28. The summed E-state index contributed by atoms with van der Waals surface area (Å²) in [5, 5.41) is 0.773. The van der Waals surface area contributed by atoms with Gasteiger partial charge in [-0.15, -0.1) is 0 Å². The Kier molecular flexibility index (Phi) is 4.99. The molecule has 0 aliphatic rings. The molecule has 0 atom stereocenters. The van der Waals surface area contributed by atoms with Gasteiger partial charge in [-0.2, -0.15) is 4.98 Å². The number of fused-ring (bicyclic) bond motifs is 2. The zero-order chi connectivity index (χ0) is 22.2. The normalized spacial score (nSPS) is 11.2. The van der Waals surface area contributed by atoms with Crippen LogP contribution in [0.5, 0.6) is 5.75 Å². The van der Waals surface area contributed by atoms with Crippen molar-refractivity contribution in [1.82, 2.24) is 9.55 Å². The van der Waals surface area contributed by atoms with Crippen molar-refractivity contribution in [2.45, 2.75) is 6.54 Å². The summed E-state index contributed by atoms with van der Waals surface area (Å²) in [6.45, 7) is 0.251. The fourth-order valence-corrected chi connectivity index (χ4v) is 3.80. The number of benzene rings is 3. The molecule has 0 saturated heterocycles. The summed E-state index contributed by atoms with van der Waals surface area (Å²) in [6.07, 6.45) is 0. The number of rotatable bonds is 4. The van der Waals surface area contributed by atoms with E-state index in [9.17, 15) is 9.59 Å². The number of hydrogen-bond acceptors (Lipinski definition) is 5. The minimum absolute atomic E-state index is 0.0185. The third-order valence-corrected chi connectivity index (χ3v) is 5.54. The van der Waals surface area contributed by atoms with Gasteiger partial charge < -0.3 is 9.15 Å². The second kappa shape index (κ2) is 7.98. The van der Waals surface area contributed by atoms with Crippen molar-refractivity contribution in [1.29, 1.82) is 0 Å². The van der Waals surface area contributed by atoms with Crippen LogP contribution in [0.15, 0.2) is 86.8 Å². The molecule has 0 unspecified atom stereocenters. The molecule has 0 aliphatic carbocycles. The van der Waals surface area contributed by atoms with Crippen molar-refractivity contribution in [3.05, 3.63) is 104 Å². The SMILES string of the molecule is COc1ccc2c(=O)c3c(=O)n(Cc4ccccc4)c(-c4ccc(Cl)cc4)nc3oc2c1. The van der Waals surface area contributed by atoms with Crippen LogP contribution in [-0.4, -0.2) is 16.7 Å². The topological polar surface area (TPSA) is 74.3 Å². The molecule has 5 aromatic rings. The van der Waals surface area contributed by atoms with Gasteiger partial charge in [-0.25, -0.2) is 0 Å². The lowest BCUT2D eigenvalue weighted by atomic mass is 10.1. The number of halogens is 1. The molecule has 2 heterocycles. The minimum atomic E-state index is -0.463. The van der Waals surface area contributed by atoms with Gasteiger partial charge in [0.2, 0.25) is 11.1 Å². The summed E-state index contributed by atoms with van der Waals surface area (Å²) in [4.78, 5) is 31.4. The first-order valence-electron chi connectivity index (χ1n) is 9.90. The standard InChI is InChI=1S/C25H17ClN2O4/c1-31-18-11-12-19-20(13-18)32-24-21(22(19)29)25(30)28(14-15-5-3-2-4-6-15)23(27-24)16-7-9-17(26)10-8-16/h2-13H,14H2,1H3. The molecule has 5 rings (SSSR count). The smallest absolute Gasteiger partial charge is 0.269 e. The number of aromatic nitrogens is 2. The van der Waals surface area contributed by atoms with Gasteiger partial charge in [0, 0.05) is 16.7 Å². The molecule has 0 N–H and O–H groups in total. The van der Waals surface area contributed by atoms with Crippen LogP contribution < -0.4 is 15.7 Å². The molecule has 0 saturated carbocycles. The number of nitrogens with zero attached hydrogens (tertiary/aromatic N) is 2. The third-order valence-electron chi connectivity index (χ3n) is 5.29. The summed E-state index contributed by atoms with van der Waals surface area (Å²) in [5.74, 6) is 0.920. The molecular weight excluding hydrogens is 428 g/mol. The summed E-state index contributed by atoms with van der Waals surface area (Å²) < 4.78 is 12.6. The van der Waals surface area contributed by atoms with Crippen LogP contribution in [0.1, 0.15) is 5.56 Å². The largest absolute Gasteiger partial charge is 0.497 e. The second-order valence-corrected chi connectivity index (χ2v) is 7.73. The van der Waals surface area contributed by atoms with Gasteiger partial charge >= 0.3 is 0 Å². The van der Waals surface area contributed by atoms with Crippen molar-refractivity contribution in [3.63, 3.8) is 0 Å². The zero-order valence-electron chi connectivity index (χ0n) is 17.0. The van der Waals surface area contributed by atoms with Gasteiger partial charge in [-0.1, -0.05) is 41.9 Å². The highest BCUT2D eigenvalue weighted by molar-refractivity contribution is 6.30. The first-order chi connectivity index (χ1) is 15.5. The van der Waals surface area contributed by atoms with Crippen molar-refractivity contribution < 1.29 is 9.15 Å². The molecule has 7 heteroatoms. The number of hydrogen-bond donors (Lipinski definition) is 0. The molecule has 0 bridgehead atoms. The summed E-state index contributed by atoms with van der Waals surface area (Å²) in [6, 6.07) is 21.4. The summed E-state index contributed by atoms with van der Waals surface area (Å²) in [7, 11) is 1.53. The van der Waals surface area contributed by atoms with Crippen LogP contribution >= 0.6 is 11.6 Å². The van der Waals surface area contributed by atoms with Gasteiger partial charge in [0.1, 0.15) is 17.2 Å². The monoisotopic (exact) mass is 444 g/mol. The van der Waals surface area contributed by atoms with E-state index in [4.69, 9.17) is 20.8 Å². The van der Waals surface area contributed by atoms with Gasteiger partial charge in [0.15, 0.2) is 5.39 Å². The third kappa shape index (κ3) is 3.44. The quantitative estimate of drug-likeness (QED) is 0.369. The highest BCUT2D eigenvalue weighted by atomic mass is 35.5. The Labute approximate surface area is 187 Å². The number of methoxy groups -OCH3 is 1.